The van der Waals surface area contributed by atoms with Crippen LogP contribution in [0.15, 0.2) is 58.3 Å². The molecule has 0 fully saturated rings. The summed E-state index contributed by atoms with van der Waals surface area (Å²) in [5.41, 5.74) is 2.13. The molecule has 0 aliphatic carbocycles. The van der Waals surface area contributed by atoms with Crippen LogP contribution in [0.1, 0.15) is 44.4 Å². The maximum atomic E-state index is 12.8. The van der Waals surface area contributed by atoms with Gasteiger partial charge in [0.15, 0.2) is 9.84 Å². The van der Waals surface area contributed by atoms with E-state index in [0.29, 0.717) is 0 Å². The van der Waals surface area contributed by atoms with Crippen LogP contribution < -0.4 is 4.72 Å². The maximum Gasteiger partial charge on any atom is 0.241 e. The van der Waals surface area contributed by atoms with E-state index in [0.717, 1.165) is 24.7 Å². The molecule has 2 rings (SSSR count). The first-order valence-corrected chi connectivity index (χ1v) is 12.3. The Labute approximate surface area is 162 Å². The Balaban J connectivity index is 2.29. The van der Waals surface area contributed by atoms with Crippen LogP contribution in [-0.4, -0.2) is 23.1 Å². The molecule has 2 aromatic carbocycles. The molecule has 0 aliphatic heterocycles. The minimum atomic E-state index is -3.78. The molecule has 7 heteroatoms. The third-order valence-corrected chi connectivity index (χ3v) is 6.97. The van der Waals surface area contributed by atoms with E-state index in [-0.39, 0.29) is 21.8 Å². The van der Waals surface area contributed by atoms with Gasteiger partial charge in [0.1, 0.15) is 0 Å². The van der Waals surface area contributed by atoms with E-state index in [1.165, 1.54) is 29.8 Å². The highest BCUT2D eigenvalue weighted by molar-refractivity contribution is 7.90. The number of rotatable bonds is 8. The highest BCUT2D eigenvalue weighted by Crippen LogP contribution is 2.25. The van der Waals surface area contributed by atoms with E-state index in [2.05, 4.69) is 11.6 Å². The van der Waals surface area contributed by atoms with Crippen LogP contribution in [0.25, 0.3) is 0 Å². The van der Waals surface area contributed by atoms with Crippen molar-refractivity contribution in [1.82, 2.24) is 4.72 Å². The molecule has 0 aromatic heterocycles. The third-order valence-electron chi connectivity index (χ3n) is 4.39. The van der Waals surface area contributed by atoms with Gasteiger partial charge in [0, 0.05) is 12.3 Å². The van der Waals surface area contributed by atoms with E-state index < -0.39 is 19.9 Å². The Morgan fingerprint density at radius 1 is 0.852 bits per heavy atom. The second-order valence-electron chi connectivity index (χ2n) is 7.08. The molecule has 1 N–H and O–H groups in total. The summed E-state index contributed by atoms with van der Waals surface area (Å²) < 4.78 is 51.4. The van der Waals surface area contributed by atoms with Crippen molar-refractivity contribution in [2.24, 2.45) is 5.92 Å². The van der Waals surface area contributed by atoms with Crippen LogP contribution >= 0.6 is 0 Å². The molecule has 0 unspecified atom stereocenters. The molecule has 0 saturated heterocycles. The smallest absolute Gasteiger partial charge is 0.224 e. The van der Waals surface area contributed by atoms with Crippen LogP contribution in [0, 0.1) is 5.92 Å². The first kappa shape index (κ1) is 21.6. The minimum Gasteiger partial charge on any atom is -0.224 e. The van der Waals surface area contributed by atoms with Gasteiger partial charge in [-0.25, -0.2) is 21.6 Å². The fourth-order valence-corrected chi connectivity index (χ4v) is 4.87. The van der Waals surface area contributed by atoms with Crippen LogP contribution in [0.3, 0.4) is 0 Å². The second kappa shape index (κ2) is 8.54. The van der Waals surface area contributed by atoms with Gasteiger partial charge in [-0.3, -0.25) is 0 Å². The van der Waals surface area contributed by atoms with E-state index >= 15 is 0 Å². The number of benzene rings is 2. The van der Waals surface area contributed by atoms with E-state index in [1.807, 2.05) is 38.1 Å². The fourth-order valence-electron chi connectivity index (χ4n) is 2.87. The van der Waals surface area contributed by atoms with Crippen LogP contribution in [0.5, 0.6) is 0 Å². The normalized spacial score (nSPS) is 13.7. The summed E-state index contributed by atoms with van der Waals surface area (Å²) in [6.45, 7) is 6.04. The Hall–Kier alpha value is -1.70. The fraction of sp³-hybridized carbons (Fsp3) is 0.400. The summed E-state index contributed by atoms with van der Waals surface area (Å²) in [6, 6.07) is 12.9. The highest BCUT2D eigenvalue weighted by Gasteiger charge is 2.24. The molecule has 148 valence electrons. The first-order chi connectivity index (χ1) is 12.5. The van der Waals surface area contributed by atoms with Gasteiger partial charge in [-0.05, 0) is 47.7 Å². The molecule has 27 heavy (non-hydrogen) atoms. The van der Waals surface area contributed by atoms with Crippen molar-refractivity contribution in [3.8, 4) is 0 Å². The average molecular weight is 410 g/mol. The van der Waals surface area contributed by atoms with Gasteiger partial charge in [0.2, 0.25) is 10.0 Å². The summed E-state index contributed by atoms with van der Waals surface area (Å²) in [5.74, 6) is 0.0482. The Kier molecular flexibility index (Phi) is 6.83. The maximum absolute atomic E-state index is 12.8. The molecule has 0 radical (unpaired) electrons. The van der Waals surface area contributed by atoms with Crippen molar-refractivity contribution in [3.63, 3.8) is 0 Å². The van der Waals surface area contributed by atoms with Crippen molar-refractivity contribution >= 4 is 19.9 Å². The van der Waals surface area contributed by atoms with Crippen LogP contribution in [-0.2, 0) is 26.3 Å². The molecule has 0 spiro atoms. The topological polar surface area (TPSA) is 80.3 Å². The number of hydrogen-bond donors (Lipinski definition) is 1. The quantitative estimate of drug-likeness (QED) is 0.721. The highest BCUT2D eigenvalue weighted by atomic mass is 32.2. The van der Waals surface area contributed by atoms with Crippen molar-refractivity contribution in [3.05, 3.63) is 59.7 Å². The lowest BCUT2D eigenvalue weighted by Gasteiger charge is -2.23. The van der Waals surface area contributed by atoms with Crippen molar-refractivity contribution in [2.75, 3.05) is 6.26 Å². The zero-order chi connectivity index (χ0) is 20.2. The Bertz CT molecular complexity index is 962. The molecular formula is C20H27NO4S2. The predicted molar refractivity (Wildman–Crippen MR) is 108 cm³/mol. The molecule has 0 aliphatic rings. The summed E-state index contributed by atoms with van der Waals surface area (Å²) in [7, 11) is -7.15. The number of aryl methyl sites for hydroxylation is 1. The monoisotopic (exact) mass is 409 g/mol. The molecule has 5 nitrogen and oxygen atoms in total. The van der Waals surface area contributed by atoms with Crippen molar-refractivity contribution in [1.29, 1.82) is 0 Å². The SMILES string of the molecule is CCCc1ccc([C@H](NS(=O)(=O)c2ccc(S(C)(=O)=O)cc2)C(C)C)cc1. The molecule has 0 amide bonds. The van der Waals surface area contributed by atoms with Crippen LogP contribution in [0.4, 0.5) is 0 Å². The molecule has 1 atom stereocenters. The summed E-state index contributed by atoms with van der Waals surface area (Å²) in [5, 5.41) is 0. The lowest BCUT2D eigenvalue weighted by Crippen LogP contribution is -2.31. The lowest BCUT2D eigenvalue weighted by atomic mass is 9.95. The number of sulfonamides is 1. The lowest BCUT2D eigenvalue weighted by molar-refractivity contribution is 0.463. The van der Waals surface area contributed by atoms with E-state index in [4.69, 9.17) is 0 Å². The summed E-state index contributed by atoms with van der Waals surface area (Å²) in [6.07, 6.45) is 3.14. The first-order valence-electron chi connectivity index (χ1n) is 8.96. The average Bonchev–Trinajstić information content (AvgIpc) is 2.60. The van der Waals surface area contributed by atoms with Gasteiger partial charge in [0.05, 0.1) is 9.79 Å². The molecule has 2 aromatic rings. The summed E-state index contributed by atoms with van der Waals surface area (Å²) >= 11 is 0. The largest absolute Gasteiger partial charge is 0.241 e. The van der Waals surface area contributed by atoms with Gasteiger partial charge in [-0.15, -0.1) is 0 Å². The molecule has 0 heterocycles. The van der Waals surface area contributed by atoms with Crippen molar-refractivity contribution in [2.45, 2.75) is 49.4 Å². The van der Waals surface area contributed by atoms with Gasteiger partial charge in [-0.2, -0.15) is 0 Å². The second-order valence-corrected chi connectivity index (χ2v) is 10.8. The number of hydrogen-bond acceptors (Lipinski definition) is 4. The van der Waals surface area contributed by atoms with Gasteiger partial charge in [-0.1, -0.05) is 51.5 Å². The number of sulfone groups is 1. The number of nitrogens with one attached hydrogen (secondary N) is 1. The molecule has 0 bridgehead atoms. The molecule has 0 saturated carbocycles. The zero-order valence-electron chi connectivity index (χ0n) is 16.1. The predicted octanol–water partition coefficient (Wildman–Crippen LogP) is 3.72. The van der Waals surface area contributed by atoms with Gasteiger partial charge < -0.3 is 0 Å². The third kappa shape index (κ3) is 5.64. The van der Waals surface area contributed by atoms with Crippen LogP contribution in [0.2, 0.25) is 0 Å². The van der Waals surface area contributed by atoms with E-state index in [9.17, 15) is 16.8 Å². The van der Waals surface area contributed by atoms with Crippen molar-refractivity contribution < 1.29 is 16.8 Å². The summed E-state index contributed by atoms with van der Waals surface area (Å²) in [4.78, 5) is 0.136. The van der Waals surface area contributed by atoms with E-state index in [1.54, 1.807) is 0 Å². The standard InChI is InChI=1S/C20H27NO4S2/c1-5-6-16-7-9-17(10-8-16)20(15(2)3)21-27(24,25)19-13-11-18(12-14-19)26(4,22)23/h7-15,20-21H,5-6H2,1-4H3/t20-/m1/s1. The van der Waals surface area contributed by atoms with Gasteiger partial charge in [0.25, 0.3) is 0 Å². The zero-order valence-corrected chi connectivity index (χ0v) is 17.8. The van der Waals surface area contributed by atoms with Gasteiger partial charge >= 0.3 is 0 Å². The Morgan fingerprint density at radius 3 is 1.81 bits per heavy atom. The Morgan fingerprint density at radius 2 is 1.37 bits per heavy atom. The molecular weight excluding hydrogens is 382 g/mol. The minimum absolute atomic E-state index is 0.0446.